The first kappa shape index (κ1) is 13.7. The molecule has 0 atom stereocenters. The monoisotopic (exact) mass is 266 g/mol. The van der Waals surface area contributed by atoms with Gasteiger partial charge in [-0.15, -0.1) is 11.6 Å². The van der Waals surface area contributed by atoms with Crippen molar-refractivity contribution in [1.82, 2.24) is 4.90 Å². The van der Waals surface area contributed by atoms with Gasteiger partial charge in [-0.3, -0.25) is 0 Å². The van der Waals surface area contributed by atoms with Gasteiger partial charge in [0.05, 0.1) is 0 Å². The molecule has 100 valence electrons. The minimum absolute atomic E-state index is 0.601. The van der Waals surface area contributed by atoms with Crippen LogP contribution >= 0.6 is 11.6 Å². The molecule has 0 unspecified atom stereocenters. The van der Waals surface area contributed by atoms with Crippen LogP contribution in [0.1, 0.15) is 24.0 Å². The molecule has 1 aliphatic rings. The van der Waals surface area contributed by atoms with Crippen LogP contribution < -0.4 is 4.90 Å². The summed E-state index contributed by atoms with van der Waals surface area (Å²) in [4.78, 5) is 4.84. The Morgan fingerprint density at radius 2 is 2.00 bits per heavy atom. The van der Waals surface area contributed by atoms with E-state index in [1.54, 1.807) is 0 Å². The molecule has 18 heavy (non-hydrogen) atoms. The van der Waals surface area contributed by atoms with Gasteiger partial charge in [0.1, 0.15) is 0 Å². The van der Waals surface area contributed by atoms with E-state index in [4.69, 9.17) is 11.6 Å². The number of halogens is 1. The molecule has 3 heteroatoms. The van der Waals surface area contributed by atoms with Crippen molar-refractivity contribution in [1.29, 1.82) is 0 Å². The fourth-order valence-electron chi connectivity index (χ4n) is 2.64. The average molecular weight is 267 g/mol. The molecule has 1 fully saturated rings. The van der Waals surface area contributed by atoms with E-state index in [2.05, 4.69) is 49.0 Å². The summed E-state index contributed by atoms with van der Waals surface area (Å²) < 4.78 is 0. The number of hydrogen-bond acceptors (Lipinski definition) is 2. The standard InChI is InChI=1S/C15H23ClN2/c1-12-10-15(5-4-13(12)11-16)18(3)14-6-8-17(2)9-7-14/h4-5,10,14H,6-9,11H2,1-3H3. The topological polar surface area (TPSA) is 6.48 Å². The van der Waals surface area contributed by atoms with Crippen LogP contribution in [0.4, 0.5) is 5.69 Å². The molecule has 0 aliphatic carbocycles. The summed E-state index contributed by atoms with van der Waals surface area (Å²) in [6.07, 6.45) is 2.51. The number of aryl methyl sites for hydroxylation is 1. The van der Waals surface area contributed by atoms with Crippen LogP contribution in [0.2, 0.25) is 0 Å². The normalized spacial score (nSPS) is 18.0. The van der Waals surface area contributed by atoms with Gasteiger partial charge in [-0.05, 0) is 63.2 Å². The van der Waals surface area contributed by atoms with E-state index >= 15 is 0 Å². The third-order valence-corrected chi connectivity index (χ3v) is 4.40. The molecule has 0 N–H and O–H groups in total. The molecular weight excluding hydrogens is 244 g/mol. The number of benzene rings is 1. The summed E-state index contributed by atoms with van der Waals surface area (Å²) in [6.45, 7) is 4.55. The van der Waals surface area contributed by atoms with Gasteiger partial charge in [0, 0.05) is 24.7 Å². The molecule has 1 aromatic carbocycles. The van der Waals surface area contributed by atoms with E-state index in [1.807, 2.05) is 0 Å². The summed E-state index contributed by atoms with van der Waals surface area (Å²) >= 11 is 5.91. The molecule has 0 aromatic heterocycles. The summed E-state index contributed by atoms with van der Waals surface area (Å²) in [7, 11) is 4.42. The van der Waals surface area contributed by atoms with Crippen LogP contribution in [0.15, 0.2) is 18.2 Å². The largest absolute Gasteiger partial charge is 0.372 e. The molecule has 2 rings (SSSR count). The zero-order valence-electron chi connectivity index (χ0n) is 11.6. The van der Waals surface area contributed by atoms with Gasteiger partial charge in [-0.2, -0.15) is 0 Å². The second-order valence-electron chi connectivity index (χ2n) is 5.39. The first-order chi connectivity index (χ1) is 8.61. The van der Waals surface area contributed by atoms with Gasteiger partial charge < -0.3 is 9.80 Å². The number of nitrogens with zero attached hydrogens (tertiary/aromatic N) is 2. The van der Waals surface area contributed by atoms with Gasteiger partial charge >= 0.3 is 0 Å². The average Bonchev–Trinajstić information content (AvgIpc) is 2.38. The zero-order valence-corrected chi connectivity index (χ0v) is 12.4. The molecule has 1 heterocycles. The quantitative estimate of drug-likeness (QED) is 0.775. The van der Waals surface area contributed by atoms with Gasteiger partial charge in [0.25, 0.3) is 0 Å². The number of piperidine rings is 1. The minimum atomic E-state index is 0.601. The van der Waals surface area contributed by atoms with Crippen LogP contribution in [0.5, 0.6) is 0 Å². The number of hydrogen-bond donors (Lipinski definition) is 0. The molecule has 1 aromatic rings. The predicted octanol–water partition coefficient (Wildman–Crippen LogP) is 3.26. The zero-order chi connectivity index (χ0) is 13.1. The van der Waals surface area contributed by atoms with E-state index in [1.165, 1.54) is 42.7 Å². The van der Waals surface area contributed by atoms with Crippen LogP contribution in [-0.4, -0.2) is 38.1 Å². The van der Waals surface area contributed by atoms with E-state index in [-0.39, 0.29) is 0 Å². The SMILES string of the molecule is Cc1cc(N(C)C2CCN(C)CC2)ccc1CCl. The van der Waals surface area contributed by atoms with Crippen molar-refractivity contribution in [3.63, 3.8) is 0 Å². The lowest BCUT2D eigenvalue weighted by molar-refractivity contribution is 0.253. The summed E-state index contributed by atoms with van der Waals surface area (Å²) in [5, 5.41) is 0. The van der Waals surface area contributed by atoms with Crippen molar-refractivity contribution in [2.45, 2.75) is 31.7 Å². The Kier molecular flexibility index (Phi) is 4.52. The van der Waals surface area contributed by atoms with Gasteiger partial charge in [-0.25, -0.2) is 0 Å². The maximum Gasteiger partial charge on any atom is 0.0476 e. The fraction of sp³-hybridized carbons (Fsp3) is 0.600. The summed E-state index contributed by atoms with van der Waals surface area (Å²) in [5.74, 6) is 0.601. The molecular formula is C15H23ClN2. The highest BCUT2D eigenvalue weighted by atomic mass is 35.5. The smallest absolute Gasteiger partial charge is 0.0476 e. The third kappa shape index (κ3) is 2.99. The molecule has 0 radical (unpaired) electrons. The van der Waals surface area contributed by atoms with Crippen LogP contribution in [0.3, 0.4) is 0 Å². The third-order valence-electron chi connectivity index (χ3n) is 4.11. The number of alkyl halides is 1. The number of anilines is 1. The Balaban J connectivity index is 2.08. The highest BCUT2D eigenvalue weighted by molar-refractivity contribution is 6.17. The van der Waals surface area contributed by atoms with Crippen molar-refractivity contribution < 1.29 is 0 Å². The lowest BCUT2D eigenvalue weighted by Crippen LogP contribution is -2.42. The molecule has 0 bridgehead atoms. The fourth-order valence-corrected chi connectivity index (χ4v) is 2.94. The maximum atomic E-state index is 5.91. The Bertz CT molecular complexity index is 397. The van der Waals surface area contributed by atoms with Crippen molar-refractivity contribution >= 4 is 17.3 Å². The van der Waals surface area contributed by atoms with E-state index in [9.17, 15) is 0 Å². The second kappa shape index (κ2) is 5.94. The Labute approximate surface area is 116 Å². The molecule has 0 spiro atoms. The molecule has 0 saturated carbocycles. The van der Waals surface area contributed by atoms with Gasteiger partial charge in [0.15, 0.2) is 0 Å². The van der Waals surface area contributed by atoms with Crippen molar-refractivity contribution in [3.8, 4) is 0 Å². The molecule has 1 aliphatic heterocycles. The van der Waals surface area contributed by atoms with Crippen LogP contribution in [0.25, 0.3) is 0 Å². The first-order valence-corrected chi connectivity index (χ1v) is 7.22. The molecule has 2 nitrogen and oxygen atoms in total. The van der Waals surface area contributed by atoms with Gasteiger partial charge in [-0.1, -0.05) is 6.07 Å². The molecule has 0 amide bonds. The molecule has 1 saturated heterocycles. The van der Waals surface area contributed by atoms with E-state index in [0.717, 1.165) is 0 Å². The minimum Gasteiger partial charge on any atom is -0.372 e. The van der Waals surface area contributed by atoms with E-state index in [0.29, 0.717) is 11.9 Å². The van der Waals surface area contributed by atoms with Crippen LogP contribution in [0, 0.1) is 6.92 Å². The number of rotatable bonds is 3. The highest BCUT2D eigenvalue weighted by Gasteiger charge is 2.20. The lowest BCUT2D eigenvalue weighted by atomic mass is 10.0. The van der Waals surface area contributed by atoms with Crippen molar-refractivity contribution in [2.24, 2.45) is 0 Å². The Hall–Kier alpha value is -0.730. The Morgan fingerprint density at radius 3 is 2.56 bits per heavy atom. The highest BCUT2D eigenvalue weighted by Crippen LogP contribution is 2.24. The second-order valence-corrected chi connectivity index (χ2v) is 5.66. The van der Waals surface area contributed by atoms with Crippen LogP contribution in [-0.2, 0) is 5.88 Å². The summed E-state index contributed by atoms with van der Waals surface area (Å²) in [5.41, 5.74) is 3.84. The van der Waals surface area contributed by atoms with Crippen molar-refractivity contribution in [2.75, 3.05) is 32.1 Å². The van der Waals surface area contributed by atoms with Crippen molar-refractivity contribution in [3.05, 3.63) is 29.3 Å². The number of likely N-dealkylation sites (tertiary alicyclic amines) is 1. The summed E-state index contributed by atoms with van der Waals surface area (Å²) in [6, 6.07) is 7.28. The van der Waals surface area contributed by atoms with E-state index < -0.39 is 0 Å². The van der Waals surface area contributed by atoms with Gasteiger partial charge in [0.2, 0.25) is 0 Å². The predicted molar refractivity (Wildman–Crippen MR) is 79.7 cm³/mol. The lowest BCUT2D eigenvalue weighted by Gasteiger charge is -2.36. The first-order valence-electron chi connectivity index (χ1n) is 6.68. The Morgan fingerprint density at radius 1 is 1.33 bits per heavy atom. The maximum absolute atomic E-state index is 5.91.